The molecule has 0 aliphatic rings. The summed E-state index contributed by atoms with van der Waals surface area (Å²) in [5.74, 6) is -2.35. The Bertz CT molecular complexity index is 447. The standard InChI is InChI=1S/C8H9F2NO3S/c9-7-2-1-6(5-8(7)10)15(13,14)11-3-4-12/h1-2,5,11-12H,3-4H2. The van der Waals surface area contributed by atoms with Crippen LogP contribution in [0.25, 0.3) is 0 Å². The molecule has 2 N–H and O–H groups in total. The minimum atomic E-state index is -3.88. The Balaban J connectivity index is 3.00. The quantitative estimate of drug-likeness (QED) is 0.788. The van der Waals surface area contributed by atoms with Gasteiger partial charge >= 0.3 is 0 Å². The van der Waals surface area contributed by atoms with Gasteiger partial charge in [-0.15, -0.1) is 0 Å². The van der Waals surface area contributed by atoms with Gasteiger partial charge in [0.05, 0.1) is 11.5 Å². The van der Waals surface area contributed by atoms with E-state index in [1.54, 1.807) is 0 Å². The Hall–Kier alpha value is -1.05. The summed E-state index contributed by atoms with van der Waals surface area (Å²) in [6, 6.07) is 2.25. The summed E-state index contributed by atoms with van der Waals surface area (Å²) in [7, 11) is -3.88. The molecule has 0 radical (unpaired) electrons. The van der Waals surface area contributed by atoms with Crippen molar-refractivity contribution < 1.29 is 22.3 Å². The van der Waals surface area contributed by atoms with E-state index >= 15 is 0 Å². The van der Waals surface area contributed by atoms with Crippen LogP contribution in [0.4, 0.5) is 8.78 Å². The van der Waals surface area contributed by atoms with Crippen molar-refractivity contribution in [1.29, 1.82) is 0 Å². The van der Waals surface area contributed by atoms with Crippen molar-refractivity contribution in [1.82, 2.24) is 4.72 Å². The zero-order valence-corrected chi connectivity index (χ0v) is 8.39. The summed E-state index contributed by atoms with van der Waals surface area (Å²) in [6.45, 7) is -0.551. The number of aliphatic hydroxyl groups excluding tert-OH is 1. The lowest BCUT2D eigenvalue weighted by Gasteiger charge is -2.05. The van der Waals surface area contributed by atoms with Gasteiger partial charge in [-0.05, 0) is 18.2 Å². The Morgan fingerprint density at radius 3 is 2.47 bits per heavy atom. The molecule has 1 rings (SSSR count). The van der Waals surface area contributed by atoms with E-state index in [4.69, 9.17) is 5.11 Å². The monoisotopic (exact) mass is 237 g/mol. The van der Waals surface area contributed by atoms with Crippen LogP contribution in [0.15, 0.2) is 23.1 Å². The second-order valence-corrected chi connectivity index (χ2v) is 4.46. The average molecular weight is 237 g/mol. The number of aliphatic hydroxyl groups is 1. The molecule has 0 unspecified atom stereocenters. The predicted octanol–water partition coefficient (Wildman–Crippen LogP) is 0.235. The summed E-state index contributed by atoms with van der Waals surface area (Å²) >= 11 is 0. The van der Waals surface area contributed by atoms with Crippen molar-refractivity contribution in [3.05, 3.63) is 29.8 Å². The molecule has 1 aromatic rings. The van der Waals surface area contributed by atoms with E-state index in [1.807, 2.05) is 4.72 Å². The van der Waals surface area contributed by atoms with Gasteiger partial charge in [-0.25, -0.2) is 21.9 Å². The maximum absolute atomic E-state index is 12.7. The normalized spacial score (nSPS) is 11.7. The van der Waals surface area contributed by atoms with Crippen LogP contribution in [0.1, 0.15) is 0 Å². The fourth-order valence-corrected chi connectivity index (χ4v) is 1.94. The second kappa shape index (κ2) is 4.65. The van der Waals surface area contributed by atoms with Gasteiger partial charge in [0.1, 0.15) is 0 Å². The first kappa shape index (κ1) is 12.0. The minimum Gasteiger partial charge on any atom is -0.395 e. The third-order valence-corrected chi connectivity index (χ3v) is 3.06. The van der Waals surface area contributed by atoms with E-state index < -0.39 is 21.7 Å². The van der Waals surface area contributed by atoms with Crippen LogP contribution >= 0.6 is 0 Å². The SMILES string of the molecule is O=S(=O)(NCCO)c1ccc(F)c(F)c1. The Morgan fingerprint density at radius 1 is 1.27 bits per heavy atom. The van der Waals surface area contributed by atoms with Crippen LogP contribution in [-0.4, -0.2) is 26.7 Å². The molecule has 0 spiro atoms. The smallest absolute Gasteiger partial charge is 0.240 e. The van der Waals surface area contributed by atoms with Crippen LogP contribution < -0.4 is 4.72 Å². The van der Waals surface area contributed by atoms with E-state index in [9.17, 15) is 17.2 Å². The van der Waals surface area contributed by atoms with Gasteiger partial charge in [-0.3, -0.25) is 0 Å². The van der Waals surface area contributed by atoms with Gasteiger partial charge < -0.3 is 5.11 Å². The summed E-state index contributed by atoms with van der Waals surface area (Å²) in [5.41, 5.74) is 0. The zero-order chi connectivity index (χ0) is 11.5. The van der Waals surface area contributed by atoms with Crippen molar-refractivity contribution >= 4 is 10.0 Å². The minimum absolute atomic E-state index is 0.179. The molecule has 0 aliphatic heterocycles. The number of hydrogen-bond donors (Lipinski definition) is 2. The van der Waals surface area contributed by atoms with Crippen molar-refractivity contribution in [2.75, 3.05) is 13.2 Å². The summed E-state index contributed by atoms with van der Waals surface area (Å²) in [6.07, 6.45) is 0. The highest BCUT2D eigenvalue weighted by atomic mass is 32.2. The van der Waals surface area contributed by atoms with Crippen molar-refractivity contribution in [3.63, 3.8) is 0 Å². The van der Waals surface area contributed by atoms with Gasteiger partial charge in [0.2, 0.25) is 10.0 Å². The Labute approximate surface area is 85.6 Å². The first-order valence-corrected chi connectivity index (χ1v) is 5.51. The first-order chi connectivity index (χ1) is 6.97. The molecular formula is C8H9F2NO3S. The molecule has 1 aromatic carbocycles. The number of sulfonamides is 1. The van der Waals surface area contributed by atoms with Crippen molar-refractivity contribution in [2.45, 2.75) is 4.90 Å². The van der Waals surface area contributed by atoms with Crippen LogP contribution in [0.2, 0.25) is 0 Å². The molecule has 0 aliphatic carbocycles. The Kier molecular flexibility index (Phi) is 3.72. The third kappa shape index (κ3) is 2.95. The summed E-state index contributed by atoms with van der Waals surface area (Å²) < 4.78 is 49.9. The molecule has 84 valence electrons. The fraction of sp³-hybridized carbons (Fsp3) is 0.250. The molecule has 0 atom stereocenters. The van der Waals surface area contributed by atoms with Crippen LogP contribution in [0.5, 0.6) is 0 Å². The Morgan fingerprint density at radius 2 is 1.93 bits per heavy atom. The van der Waals surface area contributed by atoms with E-state index in [-0.39, 0.29) is 18.0 Å². The van der Waals surface area contributed by atoms with E-state index in [2.05, 4.69) is 0 Å². The molecule has 4 nitrogen and oxygen atoms in total. The van der Waals surface area contributed by atoms with E-state index in [0.29, 0.717) is 6.07 Å². The molecule has 0 bridgehead atoms. The summed E-state index contributed by atoms with van der Waals surface area (Å²) in [4.78, 5) is -0.380. The number of hydrogen-bond acceptors (Lipinski definition) is 3. The van der Waals surface area contributed by atoms with E-state index in [1.165, 1.54) is 0 Å². The van der Waals surface area contributed by atoms with Crippen molar-refractivity contribution in [2.24, 2.45) is 0 Å². The van der Waals surface area contributed by atoms with Crippen LogP contribution in [0.3, 0.4) is 0 Å². The molecule has 0 saturated carbocycles. The van der Waals surface area contributed by atoms with Crippen LogP contribution in [-0.2, 0) is 10.0 Å². The molecule has 0 fully saturated rings. The predicted molar refractivity (Wildman–Crippen MR) is 48.6 cm³/mol. The summed E-state index contributed by atoms with van der Waals surface area (Å²) in [5, 5.41) is 8.41. The molecule has 15 heavy (non-hydrogen) atoms. The van der Waals surface area contributed by atoms with Gasteiger partial charge in [-0.2, -0.15) is 0 Å². The topological polar surface area (TPSA) is 66.4 Å². The lowest BCUT2D eigenvalue weighted by Crippen LogP contribution is -2.26. The lowest BCUT2D eigenvalue weighted by atomic mass is 10.3. The number of halogens is 2. The molecule has 0 heterocycles. The number of nitrogens with one attached hydrogen (secondary N) is 1. The molecule has 0 aromatic heterocycles. The average Bonchev–Trinajstić information content (AvgIpc) is 2.19. The highest BCUT2D eigenvalue weighted by Gasteiger charge is 2.15. The van der Waals surface area contributed by atoms with Crippen molar-refractivity contribution in [3.8, 4) is 0 Å². The maximum Gasteiger partial charge on any atom is 0.240 e. The van der Waals surface area contributed by atoms with Crippen LogP contribution in [0, 0.1) is 11.6 Å². The van der Waals surface area contributed by atoms with Gasteiger partial charge in [0.15, 0.2) is 11.6 Å². The number of benzene rings is 1. The maximum atomic E-state index is 12.7. The molecule has 0 saturated heterocycles. The fourth-order valence-electron chi connectivity index (χ4n) is 0.907. The largest absolute Gasteiger partial charge is 0.395 e. The second-order valence-electron chi connectivity index (χ2n) is 2.70. The van der Waals surface area contributed by atoms with E-state index in [0.717, 1.165) is 12.1 Å². The first-order valence-electron chi connectivity index (χ1n) is 4.03. The molecular weight excluding hydrogens is 228 g/mol. The third-order valence-electron chi connectivity index (χ3n) is 1.61. The molecule has 0 amide bonds. The molecule has 7 heteroatoms. The number of rotatable bonds is 4. The highest BCUT2D eigenvalue weighted by Crippen LogP contribution is 2.13. The van der Waals surface area contributed by atoms with Gasteiger partial charge in [0, 0.05) is 6.54 Å². The highest BCUT2D eigenvalue weighted by molar-refractivity contribution is 7.89. The lowest BCUT2D eigenvalue weighted by molar-refractivity contribution is 0.301. The zero-order valence-electron chi connectivity index (χ0n) is 7.57. The van der Waals surface area contributed by atoms with Gasteiger partial charge in [-0.1, -0.05) is 0 Å². The van der Waals surface area contributed by atoms with Gasteiger partial charge in [0.25, 0.3) is 0 Å².